The summed E-state index contributed by atoms with van der Waals surface area (Å²) in [5.74, 6) is 1.74. The second-order valence-corrected chi connectivity index (χ2v) is 4.94. The molecule has 21 heavy (non-hydrogen) atoms. The molecule has 1 aromatic carbocycles. The Morgan fingerprint density at radius 3 is 2.52 bits per heavy atom. The van der Waals surface area contributed by atoms with Crippen LogP contribution in [0.5, 0.6) is 5.75 Å². The van der Waals surface area contributed by atoms with Crippen LogP contribution in [0.2, 0.25) is 0 Å². The van der Waals surface area contributed by atoms with E-state index in [2.05, 4.69) is 46.8 Å². The summed E-state index contributed by atoms with van der Waals surface area (Å²) in [6.07, 6.45) is 6.54. The van der Waals surface area contributed by atoms with Crippen molar-refractivity contribution in [2.24, 2.45) is 4.99 Å². The van der Waals surface area contributed by atoms with Gasteiger partial charge in [0.1, 0.15) is 12.4 Å². The van der Waals surface area contributed by atoms with E-state index in [0.29, 0.717) is 12.6 Å². The van der Waals surface area contributed by atoms with E-state index in [0.717, 1.165) is 31.1 Å². The molecule has 2 N–H and O–H groups in total. The smallest absolute Gasteiger partial charge is 0.191 e. The van der Waals surface area contributed by atoms with Crippen molar-refractivity contribution in [1.82, 2.24) is 10.6 Å². The van der Waals surface area contributed by atoms with Gasteiger partial charge in [0, 0.05) is 13.1 Å². The van der Waals surface area contributed by atoms with Crippen LogP contribution >= 0.6 is 24.0 Å². The lowest BCUT2D eigenvalue weighted by atomic mass is 10.2. The molecule has 4 nitrogen and oxygen atoms in total. The fourth-order valence-electron chi connectivity index (χ4n) is 2.10. The van der Waals surface area contributed by atoms with Crippen molar-refractivity contribution in [3.05, 3.63) is 42.0 Å². The lowest BCUT2D eigenvalue weighted by molar-refractivity contribution is 0.321. The van der Waals surface area contributed by atoms with Gasteiger partial charge < -0.3 is 15.4 Å². The van der Waals surface area contributed by atoms with Gasteiger partial charge in [-0.15, -0.1) is 24.0 Å². The van der Waals surface area contributed by atoms with Gasteiger partial charge >= 0.3 is 0 Å². The zero-order chi connectivity index (χ0) is 14.2. The molecule has 1 aromatic rings. The molecule has 0 aromatic heterocycles. The Kier molecular flexibility index (Phi) is 8.19. The zero-order valence-electron chi connectivity index (χ0n) is 12.6. The Bertz CT molecular complexity index is 463. The van der Waals surface area contributed by atoms with Crippen LogP contribution in [0, 0.1) is 6.92 Å². The molecule has 0 atom stereocenters. The molecule has 0 radical (unpaired) electrons. The molecule has 2 rings (SSSR count). The van der Waals surface area contributed by atoms with Crippen LogP contribution in [-0.2, 0) is 0 Å². The molecule has 116 valence electrons. The highest BCUT2D eigenvalue weighted by Crippen LogP contribution is 2.11. The number of ether oxygens (including phenoxy) is 1. The first-order chi connectivity index (χ1) is 9.78. The molecule has 1 aliphatic carbocycles. The number of halogens is 1. The molecule has 1 aliphatic rings. The second-order valence-electron chi connectivity index (χ2n) is 4.94. The Hall–Kier alpha value is -1.24. The van der Waals surface area contributed by atoms with Crippen LogP contribution in [0.1, 0.15) is 18.4 Å². The first-order valence-corrected chi connectivity index (χ1v) is 7.09. The molecule has 0 spiro atoms. The first kappa shape index (κ1) is 17.8. The SMILES string of the molecule is CN=C(NCCOc1ccc(C)cc1)NC1CC=CC1.I. The molecule has 0 saturated heterocycles. The van der Waals surface area contributed by atoms with Gasteiger partial charge in [-0.25, -0.2) is 0 Å². The topological polar surface area (TPSA) is 45.7 Å². The molecule has 0 aliphatic heterocycles. The molecule has 0 saturated carbocycles. The Labute approximate surface area is 144 Å². The first-order valence-electron chi connectivity index (χ1n) is 7.09. The molecule has 0 unspecified atom stereocenters. The van der Waals surface area contributed by atoms with Crippen LogP contribution in [0.25, 0.3) is 0 Å². The number of aliphatic imine (C=N–C) groups is 1. The van der Waals surface area contributed by atoms with Gasteiger partial charge in [-0.2, -0.15) is 0 Å². The fourth-order valence-corrected chi connectivity index (χ4v) is 2.10. The van der Waals surface area contributed by atoms with E-state index in [9.17, 15) is 0 Å². The Morgan fingerprint density at radius 1 is 1.24 bits per heavy atom. The summed E-state index contributed by atoms with van der Waals surface area (Å²) in [5.41, 5.74) is 1.24. The highest BCUT2D eigenvalue weighted by molar-refractivity contribution is 14.0. The third kappa shape index (κ3) is 6.37. The van der Waals surface area contributed by atoms with Gasteiger partial charge in [0.05, 0.1) is 6.54 Å². The van der Waals surface area contributed by atoms with Gasteiger partial charge in [0.25, 0.3) is 0 Å². The molecule has 0 fully saturated rings. The van der Waals surface area contributed by atoms with E-state index in [1.807, 2.05) is 12.1 Å². The lowest BCUT2D eigenvalue weighted by Gasteiger charge is -2.17. The second kappa shape index (κ2) is 9.65. The summed E-state index contributed by atoms with van der Waals surface area (Å²) < 4.78 is 5.67. The summed E-state index contributed by atoms with van der Waals surface area (Å²) in [6, 6.07) is 8.56. The van der Waals surface area contributed by atoms with E-state index in [-0.39, 0.29) is 24.0 Å². The molecule has 0 bridgehead atoms. The lowest BCUT2D eigenvalue weighted by Crippen LogP contribution is -2.43. The molecule has 5 heteroatoms. The van der Waals surface area contributed by atoms with E-state index in [1.54, 1.807) is 7.05 Å². The minimum Gasteiger partial charge on any atom is -0.492 e. The number of hydrogen-bond donors (Lipinski definition) is 2. The van der Waals surface area contributed by atoms with Crippen LogP contribution in [0.3, 0.4) is 0 Å². The van der Waals surface area contributed by atoms with Gasteiger partial charge in [-0.05, 0) is 31.9 Å². The standard InChI is InChI=1S/C16H23N3O.HI/c1-13-7-9-15(10-8-13)20-12-11-18-16(17-2)19-14-5-3-4-6-14;/h3-4,7-10,14H,5-6,11-12H2,1-2H3,(H2,17,18,19);1H. The van der Waals surface area contributed by atoms with Gasteiger partial charge in [0.2, 0.25) is 0 Å². The number of benzene rings is 1. The van der Waals surface area contributed by atoms with Crippen molar-refractivity contribution in [2.75, 3.05) is 20.2 Å². The summed E-state index contributed by atoms with van der Waals surface area (Å²) >= 11 is 0. The summed E-state index contributed by atoms with van der Waals surface area (Å²) in [5, 5.41) is 6.66. The number of aryl methyl sites for hydroxylation is 1. The summed E-state index contributed by atoms with van der Waals surface area (Å²) in [6.45, 7) is 3.42. The van der Waals surface area contributed by atoms with E-state index >= 15 is 0 Å². The summed E-state index contributed by atoms with van der Waals surface area (Å²) in [4.78, 5) is 4.22. The van der Waals surface area contributed by atoms with Crippen LogP contribution in [-0.4, -0.2) is 32.2 Å². The van der Waals surface area contributed by atoms with E-state index in [1.165, 1.54) is 5.56 Å². The maximum absolute atomic E-state index is 5.67. The van der Waals surface area contributed by atoms with Crippen molar-refractivity contribution < 1.29 is 4.74 Å². The van der Waals surface area contributed by atoms with Crippen LogP contribution in [0.4, 0.5) is 0 Å². The van der Waals surface area contributed by atoms with Gasteiger partial charge in [0.15, 0.2) is 5.96 Å². The number of guanidine groups is 1. The quantitative estimate of drug-likeness (QED) is 0.262. The van der Waals surface area contributed by atoms with Crippen molar-refractivity contribution in [2.45, 2.75) is 25.8 Å². The molecule has 0 amide bonds. The minimum absolute atomic E-state index is 0. The van der Waals surface area contributed by atoms with Crippen molar-refractivity contribution in [3.63, 3.8) is 0 Å². The molecular formula is C16H24IN3O. The van der Waals surface area contributed by atoms with Gasteiger partial charge in [-0.1, -0.05) is 29.8 Å². The van der Waals surface area contributed by atoms with Crippen LogP contribution in [0.15, 0.2) is 41.4 Å². The maximum atomic E-state index is 5.67. The zero-order valence-corrected chi connectivity index (χ0v) is 15.0. The van der Waals surface area contributed by atoms with Crippen LogP contribution < -0.4 is 15.4 Å². The molecular weight excluding hydrogens is 377 g/mol. The maximum Gasteiger partial charge on any atom is 0.191 e. The highest BCUT2D eigenvalue weighted by atomic mass is 127. The predicted molar refractivity (Wildman–Crippen MR) is 98.7 cm³/mol. The van der Waals surface area contributed by atoms with E-state index in [4.69, 9.17) is 4.74 Å². The van der Waals surface area contributed by atoms with E-state index < -0.39 is 0 Å². The predicted octanol–water partition coefficient (Wildman–Crippen LogP) is 2.88. The highest BCUT2D eigenvalue weighted by Gasteiger charge is 2.11. The Balaban J connectivity index is 0.00000220. The Morgan fingerprint density at radius 2 is 1.90 bits per heavy atom. The largest absolute Gasteiger partial charge is 0.492 e. The summed E-state index contributed by atoms with van der Waals surface area (Å²) in [7, 11) is 1.79. The number of rotatable bonds is 5. The van der Waals surface area contributed by atoms with Crippen molar-refractivity contribution in [1.29, 1.82) is 0 Å². The monoisotopic (exact) mass is 401 g/mol. The third-order valence-corrected chi connectivity index (χ3v) is 3.26. The average molecular weight is 401 g/mol. The van der Waals surface area contributed by atoms with Crippen molar-refractivity contribution >= 4 is 29.9 Å². The molecule has 0 heterocycles. The normalized spacial score (nSPS) is 14.7. The fraction of sp³-hybridized carbons (Fsp3) is 0.438. The number of nitrogens with zero attached hydrogens (tertiary/aromatic N) is 1. The number of nitrogens with one attached hydrogen (secondary N) is 2. The van der Waals surface area contributed by atoms with Crippen molar-refractivity contribution in [3.8, 4) is 5.75 Å². The number of hydrogen-bond acceptors (Lipinski definition) is 2. The average Bonchev–Trinajstić information content (AvgIpc) is 2.97. The third-order valence-electron chi connectivity index (χ3n) is 3.26. The minimum atomic E-state index is 0. The van der Waals surface area contributed by atoms with Gasteiger partial charge in [-0.3, -0.25) is 4.99 Å².